The van der Waals surface area contributed by atoms with Crippen molar-refractivity contribution in [1.29, 1.82) is 0 Å². The number of benzene rings is 1. The topological polar surface area (TPSA) is 72.3 Å². The summed E-state index contributed by atoms with van der Waals surface area (Å²) in [4.78, 5) is 23.9. The molecular weight excluding hydrogens is 304 g/mol. The summed E-state index contributed by atoms with van der Waals surface area (Å²) in [5.74, 6) is 1.20. The van der Waals surface area contributed by atoms with E-state index in [1.807, 2.05) is 45.0 Å². The molecule has 2 heterocycles. The molecule has 0 spiro atoms. The number of ether oxygens (including phenoxy) is 1. The van der Waals surface area contributed by atoms with Crippen molar-refractivity contribution in [3.8, 4) is 17.1 Å². The molecule has 24 heavy (non-hydrogen) atoms. The van der Waals surface area contributed by atoms with Gasteiger partial charge in [-0.05, 0) is 25.5 Å². The zero-order chi connectivity index (χ0) is 17.5. The van der Waals surface area contributed by atoms with Crippen LogP contribution in [-0.4, -0.2) is 26.0 Å². The van der Waals surface area contributed by atoms with E-state index in [1.165, 1.54) is 10.7 Å². The van der Waals surface area contributed by atoms with E-state index in [-0.39, 0.29) is 5.69 Å². The van der Waals surface area contributed by atoms with Gasteiger partial charge in [-0.15, -0.1) is 0 Å². The predicted molar refractivity (Wildman–Crippen MR) is 95.6 cm³/mol. The molecule has 2 aromatic heterocycles. The van der Waals surface area contributed by atoms with Crippen molar-refractivity contribution < 1.29 is 4.74 Å². The van der Waals surface area contributed by atoms with Crippen LogP contribution in [0.15, 0.2) is 35.4 Å². The molecule has 0 radical (unpaired) electrons. The number of aromatic nitrogens is 4. The minimum atomic E-state index is -0.249. The summed E-state index contributed by atoms with van der Waals surface area (Å²) in [7, 11) is 0. The maximum atomic E-state index is 12.2. The van der Waals surface area contributed by atoms with E-state index < -0.39 is 0 Å². The molecule has 3 rings (SSSR count). The molecule has 0 aliphatic rings. The molecule has 0 amide bonds. The number of fused-ring (bicyclic) bond motifs is 1. The highest BCUT2D eigenvalue weighted by Crippen LogP contribution is 2.27. The van der Waals surface area contributed by atoms with Crippen molar-refractivity contribution in [2.45, 2.75) is 40.5 Å². The van der Waals surface area contributed by atoms with Crippen LogP contribution in [0, 0.1) is 0 Å². The van der Waals surface area contributed by atoms with Crippen molar-refractivity contribution in [1.82, 2.24) is 19.4 Å². The van der Waals surface area contributed by atoms with Gasteiger partial charge in [0.05, 0.1) is 17.9 Å². The second kappa shape index (κ2) is 8.29. The zero-order valence-corrected chi connectivity index (χ0v) is 14.7. The maximum Gasteiger partial charge on any atom is 0.334 e. The van der Waals surface area contributed by atoms with E-state index in [9.17, 15) is 4.79 Å². The Hall–Kier alpha value is -2.63. The number of rotatable bonds is 5. The van der Waals surface area contributed by atoms with Gasteiger partial charge in [-0.25, -0.2) is 19.2 Å². The van der Waals surface area contributed by atoms with Gasteiger partial charge in [-0.2, -0.15) is 0 Å². The van der Waals surface area contributed by atoms with Gasteiger partial charge in [-0.3, -0.25) is 4.98 Å². The third-order valence-electron chi connectivity index (χ3n) is 3.41. The van der Waals surface area contributed by atoms with Crippen LogP contribution in [0.2, 0.25) is 0 Å². The van der Waals surface area contributed by atoms with E-state index >= 15 is 0 Å². The predicted octanol–water partition coefficient (Wildman–Crippen LogP) is 3.46. The number of nitrogens with zero attached hydrogens (tertiary/aromatic N) is 3. The quantitative estimate of drug-likeness (QED) is 0.778. The number of hydrogen-bond acceptors (Lipinski definition) is 4. The Morgan fingerprint density at radius 2 is 1.96 bits per heavy atom. The number of H-pyrrole nitrogens is 1. The van der Waals surface area contributed by atoms with Crippen LogP contribution >= 0.6 is 0 Å². The fourth-order valence-electron chi connectivity index (χ4n) is 2.43. The number of para-hydroxylation sites is 1. The van der Waals surface area contributed by atoms with E-state index in [4.69, 9.17) is 4.74 Å². The average molecular weight is 328 g/mol. The fourth-order valence-corrected chi connectivity index (χ4v) is 2.43. The smallest absolute Gasteiger partial charge is 0.334 e. The first kappa shape index (κ1) is 17.7. The maximum absolute atomic E-state index is 12.2. The summed E-state index contributed by atoms with van der Waals surface area (Å²) in [6.45, 7) is 8.55. The van der Waals surface area contributed by atoms with Crippen LogP contribution < -0.4 is 10.4 Å². The Kier molecular flexibility index (Phi) is 6.12. The van der Waals surface area contributed by atoms with Crippen molar-refractivity contribution >= 4 is 5.65 Å². The van der Waals surface area contributed by atoms with E-state index in [2.05, 4.69) is 21.9 Å². The summed E-state index contributed by atoms with van der Waals surface area (Å²) >= 11 is 0. The molecule has 3 aromatic rings. The number of hydrogen-bond donors (Lipinski definition) is 1. The van der Waals surface area contributed by atoms with Gasteiger partial charge in [0.2, 0.25) is 0 Å². The minimum Gasteiger partial charge on any atom is -0.493 e. The monoisotopic (exact) mass is 328 g/mol. The van der Waals surface area contributed by atoms with Gasteiger partial charge in [0.1, 0.15) is 17.9 Å². The van der Waals surface area contributed by atoms with E-state index in [0.717, 1.165) is 24.1 Å². The molecule has 0 saturated carbocycles. The first-order chi connectivity index (χ1) is 11.7. The third kappa shape index (κ3) is 3.48. The Morgan fingerprint density at radius 1 is 1.21 bits per heavy atom. The van der Waals surface area contributed by atoms with Crippen LogP contribution in [-0.2, 0) is 6.42 Å². The Morgan fingerprint density at radius 3 is 2.67 bits per heavy atom. The fraction of sp³-hybridized carbons (Fsp3) is 0.389. The van der Waals surface area contributed by atoms with Gasteiger partial charge in [-0.1, -0.05) is 39.3 Å². The van der Waals surface area contributed by atoms with Crippen LogP contribution in [0.4, 0.5) is 0 Å². The summed E-state index contributed by atoms with van der Waals surface area (Å²) in [6.07, 6.45) is 3.26. The Labute approximate surface area is 141 Å². The molecule has 0 fully saturated rings. The molecule has 1 N–H and O–H groups in total. The molecular formula is C18H24N4O2. The van der Waals surface area contributed by atoms with E-state index in [1.54, 1.807) is 0 Å². The summed E-state index contributed by atoms with van der Waals surface area (Å²) in [5.41, 5.74) is 1.96. The first-order valence-electron chi connectivity index (χ1n) is 8.43. The first-order valence-corrected chi connectivity index (χ1v) is 8.43. The highest BCUT2D eigenvalue weighted by atomic mass is 16.5. The summed E-state index contributed by atoms with van der Waals surface area (Å²) in [6, 6.07) is 7.54. The standard InChI is InChI=1S/C16H18N4O2.C2H6/c1-3-7-12-15-18-14(19-16(21)20(15)10-17-12)11-8-5-6-9-13(11)22-4-2;1-2/h5-6,8-10H,3-4,7H2,1-2H3,(H,18,19,21);1-2H3. The van der Waals surface area contributed by atoms with Gasteiger partial charge in [0.25, 0.3) is 0 Å². The van der Waals surface area contributed by atoms with Crippen LogP contribution in [0.25, 0.3) is 17.0 Å². The summed E-state index contributed by atoms with van der Waals surface area (Å²) in [5, 5.41) is 0. The van der Waals surface area contributed by atoms with Gasteiger partial charge >= 0.3 is 5.69 Å². The lowest BCUT2D eigenvalue weighted by molar-refractivity contribution is 0.341. The van der Waals surface area contributed by atoms with Crippen molar-refractivity contribution in [3.63, 3.8) is 0 Å². The van der Waals surface area contributed by atoms with Gasteiger partial charge < -0.3 is 4.74 Å². The van der Waals surface area contributed by atoms with Crippen molar-refractivity contribution in [3.05, 3.63) is 46.8 Å². The molecule has 0 saturated heterocycles. The number of aromatic amines is 1. The second-order valence-corrected chi connectivity index (χ2v) is 4.95. The highest BCUT2D eigenvalue weighted by Gasteiger charge is 2.13. The molecule has 0 aliphatic heterocycles. The Balaban J connectivity index is 0.00000100. The lowest BCUT2D eigenvalue weighted by atomic mass is 10.2. The van der Waals surface area contributed by atoms with Gasteiger partial charge in [0.15, 0.2) is 5.65 Å². The SMILES string of the molecule is CC.CCCc1ncn2c(=O)[nH]c(-c3ccccc3OCC)nc12. The number of aryl methyl sites for hydroxylation is 1. The van der Waals surface area contributed by atoms with Gasteiger partial charge in [0, 0.05) is 0 Å². The molecule has 6 nitrogen and oxygen atoms in total. The average Bonchev–Trinajstić information content (AvgIpc) is 3.01. The molecule has 0 unspecified atom stereocenters. The number of nitrogens with one attached hydrogen (secondary N) is 1. The minimum absolute atomic E-state index is 0.249. The van der Waals surface area contributed by atoms with Crippen LogP contribution in [0.3, 0.4) is 0 Å². The lowest BCUT2D eigenvalue weighted by Gasteiger charge is -2.09. The van der Waals surface area contributed by atoms with Crippen LogP contribution in [0.5, 0.6) is 5.75 Å². The highest BCUT2D eigenvalue weighted by molar-refractivity contribution is 5.65. The number of imidazole rings is 1. The Bertz CT molecular complexity index is 852. The molecule has 6 heteroatoms. The third-order valence-corrected chi connectivity index (χ3v) is 3.41. The lowest BCUT2D eigenvalue weighted by Crippen LogP contribution is -2.18. The molecule has 128 valence electrons. The van der Waals surface area contributed by atoms with Crippen molar-refractivity contribution in [2.75, 3.05) is 6.61 Å². The molecule has 0 atom stereocenters. The van der Waals surface area contributed by atoms with Crippen molar-refractivity contribution in [2.24, 2.45) is 0 Å². The second-order valence-electron chi connectivity index (χ2n) is 4.95. The molecule has 1 aromatic carbocycles. The van der Waals surface area contributed by atoms with E-state index in [0.29, 0.717) is 23.8 Å². The molecule has 0 aliphatic carbocycles. The summed E-state index contributed by atoms with van der Waals surface area (Å²) < 4.78 is 7.06. The normalized spacial score (nSPS) is 10.3. The zero-order valence-electron chi connectivity index (χ0n) is 14.7. The largest absolute Gasteiger partial charge is 0.493 e. The molecule has 0 bridgehead atoms. The van der Waals surface area contributed by atoms with Crippen LogP contribution in [0.1, 0.15) is 39.8 Å².